The van der Waals surface area contributed by atoms with E-state index in [0.29, 0.717) is 18.1 Å². The van der Waals surface area contributed by atoms with Gasteiger partial charge >= 0.3 is 0 Å². The van der Waals surface area contributed by atoms with Gasteiger partial charge in [-0.05, 0) is 60.4 Å². The van der Waals surface area contributed by atoms with Crippen molar-refractivity contribution in [2.75, 3.05) is 14.2 Å². The van der Waals surface area contributed by atoms with Gasteiger partial charge in [-0.15, -0.1) is 0 Å². The van der Waals surface area contributed by atoms with Gasteiger partial charge in [0.05, 0.1) is 14.2 Å². The van der Waals surface area contributed by atoms with Crippen molar-refractivity contribution in [1.82, 2.24) is 0 Å². The van der Waals surface area contributed by atoms with Crippen LogP contribution in [0.15, 0.2) is 29.9 Å². The lowest BCUT2D eigenvalue weighted by Crippen LogP contribution is -2.32. The summed E-state index contributed by atoms with van der Waals surface area (Å²) in [6.07, 6.45) is 4.83. The highest BCUT2D eigenvalue weighted by Crippen LogP contribution is 2.65. The summed E-state index contributed by atoms with van der Waals surface area (Å²) in [5, 5.41) is 0. The third kappa shape index (κ3) is 2.60. The van der Waals surface area contributed by atoms with E-state index in [1.165, 1.54) is 0 Å². The second kappa shape index (κ2) is 6.29. The molecule has 3 rings (SSSR count). The van der Waals surface area contributed by atoms with Crippen molar-refractivity contribution in [2.24, 2.45) is 16.7 Å². The van der Waals surface area contributed by atoms with E-state index in [2.05, 4.69) is 33.4 Å². The number of ketones is 1. The van der Waals surface area contributed by atoms with Crippen LogP contribution in [0.25, 0.3) is 6.08 Å². The zero-order valence-electron chi connectivity index (χ0n) is 16.9. The highest BCUT2D eigenvalue weighted by atomic mass is 16.5. The summed E-state index contributed by atoms with van der Waals surface area (Å²) < 4.78 is 11.2. The number of hydrogen-bond donors (Lipinski definition) is 0. The zero-order chi connectivity index (χ0) is 19.3. The Balaban J connectivity index is 2.07. The van der Waals surface area contributed by atoms with E-state index in [4.69, 9.17) is 9.47 Å². The number of fused-ring (bicyclic) bond motifs is 2. The van der Waals surface area contributed by atoms with E-state index in [0.717, 1.165) is 46.6 Å². The fourth-order valence-electron chi connectivity index (χ4n) is 4.84. The van der Waals surface area contributed by atoms with Crippen molar-refractivity contribution < 1.29 is 14.3 Å². The Hall–Kier alpha value is -2.03. The van der Waals surface area contributed by atoms with E-state index >= 15 is 0 Å². The van der Waals surface area contributed by atoms with Crippen LogP contribution in [0.5, 0.6) is 11.5 Å². The first-order chi connectivity index (χ1) is 12.2. The lowest BCUT2D eigenvalue weighted by Gasteiger charge is -2.31. The number of ether oxygens (including phenoxy) is 2. The van der Waals surface area contributed by atoms with Gasteiger partial charge in [-0.25, -0.2) is 0 Å². The normalized spacial score (nSPS) is 27.8. The molecule has 2 bridgehead atoms. The third-order valence-corrected chi connectivity index (χ3v) is 6.80. The van der Waals surface area contributed by atoms with E-state index in [1.54, 1.807) is 14.2 Å². The molecule has 0 N–H and O–H groups in total. The molecule has 26 heavy (non-hydrogen) atoms. The smallest absolute Gasteiger partial charge is 0.165 e. The topological polar surface area (TPSA) is 35.5 Å². The lowest BCUT2D eigenvalue weighted by atomic mass is 9.70. The summed E-state index contributed by atoms with van der Waals surface area (Å²) in [5.41, 5.74) is 3.74. The molecule has 2 unspecified atom stereocenters. The van der Waals surface area contributed by atoms with Crippen molar-refractivity contribution in [3.05, 3.63) is 41.0 Å². The average molecular weight is 354 g/mol. The first-order valence-electron chi connectivity index (χ1n) is 9.31. The average Bonchev–Trinajstić information content (AvgIpc) is 2.89. The first kappa shape index (κ1) is 18.8. The van der Waals surface area contributed by atoms with Crippen LogP contribution in [0, 0.1) is 16.7 Å². The predicted molar refractivity (Wildman–Crippen MR) is 106 cm³/mol. The second-order valence-electron chi connectivity index (χ2n) is 8.61. The SMILES string of the molecule is C=C(C)Cc1c(OC)cc(C=C2C(=O)C3(C)CCC2C3(C)C)cc1OC. The minimum atomic E-state index is -0.239. The second-order valence-corrected chi connectivity index (χ2v) is 8.61. The van der Waals surface area contributed by atoms with Gasteiger partial charge in [-0.1, -0.05) is 32.9 Å². The maximum atomic E-state index is 13.1. The molecule has 3 nitrogen and oxygen atoms in total. The molecule has 1 aromatic rings. The van der Waals surface area contributed by atoms with Crippen molar-refractivity contribution in [3.8, 4) is 11.5 Å². The summed E-state index contributed by atoms with van der Waals surface area (Å²) >= 11 is 0. The molecule has 2 aliphatic rings. The van der Waals surface area contributed by atoms with E-state index < -0.39 is 0 Å². The third-order valence-electron chi connectivity index (χ3n) is 6.80. The molecule has 0 amide bonds. The lowest BCUT2D eigenvalue weighted by molar-refractivity contribution is -0.125. The van der Waals surface area contributed by atoms with Gasteiger partial charge in [-0.3, -0.25) is 4.79 Å². The summed E-state index contributed by atoms with van der Waals surface area (Å²) in [7, 11) is 3.33. The van der Waals surface area contributed by atoms with Crippen LogP contribution in [0.4, 0.5) is 0 Å². The highest BCUT2D eigenvalue weighted by Gasteiger charge is 2.63. The molecule has 2 aliphatic carbocycles. The molecule has 0 aliphatic heterocycles. The van der Waals surface area contributed by atoms with E-state index in [-0.39, 0.29) is 10.8 Å². The monoisotopic (exact) mass is 354 g/mol. The highest BCUT2D eigenvalue weighted by molar-refractivity contribution is 6.08. The van der Waals surface area contributed by atoms with Gasteiger partial charge < -0.3 is 9.47 Å². The Bertz CT molecular complexity index is 775. The minimum Gasteiger partial charge on any atom is -0.496 e. The first-order valence-corrected chi connectivity index (χ1v) is 9.31. The Morgan fingerprint density at radius 1 is 1.23 bits per heavy atom. The fraction of sp³-hybridized carbons (Fsp3) is 0.522. The molecule has 0 aromatic heterocycles. The van der Waals surface area contributed by atoms with E-state index in [9.17, 15) is 4.79 Å². The Morgan fingerprint density at radius 3 is 2.23 bits per heavy atom. The number of benzene rings is 1. The molecule has 1 aromatic carbocycles. The molecule has 0 radical (unpaired) electrons. The van der Waals surface area contributed by atoms with Crippen LogP contribution in [0.3, 0.4) is 0 Å². The summed E-state index contributed by atoms with van der Waals surface area (Å²) in [5.74, 6) is 2.19. The molecule has 0 heterocycles. The molecule has 2 fully saturated rings. The van der Waals surface area contributed by atoms with Gasteiger partial charge in [0, 0.05) is 17.4 Å². The van der Waals surface area contributed by atoms with Crippen LogP contribution < -0.4 is 9.47 Å². The Morgan fingerprint density at radius 2 is 1.81 bits per heavy atom. The number of methoxy groups -OCH3 is 2. The van der Waals surface area contributed by atoms with Crippen LogP contribution in [-0.4, -0.2) is 20.0 Å². The molecule has 3 heteroatoms. The van der Waals surface area contributed by atoms with Gasteiger partial charge in [-0.2, -0.15) is 0 Å². The van der Waals surface area contributed by atoms with Crippen molar-refractivity contribution in [1.29, 1.82) is 0 Å². The quantitative estimate of drug-likeness (QED) is 0.536. The largest absolute Gasteiger partial charge is 0.496 e. The van der Waals surface area contributed by atoms with Gasteiger partial charge in [0.25, 0.3) is 0 Å². The van der Waals surface area contributed by atoms with Crippen molar-refractivity contribution in [2.45, 2.75) is 47.0 Å². The minimum absolute atomic E-state index is 0.0178. The van der Waals surface area contributed by atoms with Crippen molar-refractivity contribution in [3.63, 3.8) is 0 Å². The molecule has 2 saturated carbocycles. The zero-order valence-corrected chi connectivity index (χ0v) is 16.9. The van der Waals surface area contributed by atoms with Gasteiger partial charge in [0.15, 0.2) is 5.78 Å². The van der Waals surface area contributed by atoms with Crippen LogP contribution in [0.2, 0.25) is 0 Å². The maximum absolute atomic E-state index is 13.1. The molecule has 140 valence electrons. The maximum Gasteiger partial charge on any atom is 0.165 e. The number of carbonyl (C=O) groups excluding carboxylic acids is 1. The number of hydrogen-bond acceptors (Lipinski definition) is 3. The van der Waals surface area contributed by atoms with E-state index in [1.807, 2.05) is 19.1 Å². The van der Waals surface area contributed by atoms with Crippen molar-refractivity contribution >= 4 is 11.9 Å². The Kier molecular flexibility index (Phi) is 4.54. The van der Waals surface area contributed by atoms with Crippen LogP contribution in [0.1, 0.15) is 51.7 Å². The summed E-state index contributed by atoms with van der Waals surface area (Å²) in [4.78, 5) is 13.1. The fourth-order valence-corrected chi connectivity index (χ4v) is 4.84. The number of allylic oxidation sites excluding steroid dienone is 2. The standard InChI is InChI=1S/C23H30O3/c1-14(2)10-17-19(25-6)12-15(13-20(17)26-7)11-16-18-8-9-23(5,21(16)24)22(18,3)4/h11-13,18H,1,8-10H2,2-7H3. The number of carbonyl (C=O) groups is 1. The summed E-state index contributed by atoms with van der Waals surface area (Å²) in [6, 6.07) is 4.00. The molecule has 0 saturated heterocycles. The molecular weight excluding hydrogens is 324 g/mol. The molecule has 0 spiro atoms. The molecule has 2 atom stereocenters. The predicted octanol–water partition coefficient (Wildman–Crippen LogP) is 5.23. The molecular formula is C23H30O3. The van der Waals surface area contributed by atoms with Crippen LogP contribution in [-0.2, 0) is 11.2 Å². The Labute approximate surface area is 157 Å². The number of rotatable bonds is 5. The number of Topliss-reactive ketones (excluding diaryl/α,β-unsaturated/α-hetero) is 1. The summed E-state index contributed by atoms with van der Waals surface area (Å²) in [6.45, 7) is 12.6. The van der Waals surface area contributed by atoms with Gasteiger partial charge in [0.2, 0.25) is 0 Å². The van der Waals surface area contributed by atoms with Crippen LogP contribution >= 0.6 is 0 Å². The van der Waals surface area contributed by atoms with Gasteiger partial charge in [0.1, 0.15) is 11.5 Å².